The van der Waals surface area contributed by atoms with Gasteiger partial charge in [-0.15, -0.1) is 0 Å². The van der Waals surface area contributed by atoms with Crippen molar-refractivity contribution in [2.75, 3.05) is 36.5 Å². The van der Waals surface area contributed by atoms with Crippen molar-refractivity contribution < 1.29 is 9.13 Å². The van der Waals surface area contributed by atoms with Gasteiger partial charge >= 0.3 is 0 Å². The maximum Gasteiger partial charge on any atom is 0.222 e. The number of halogens is 2. The summed E-state index contributed by atoms with van der Waals surface area (Å²) in [5.74, 6) is 0.390. The predicted octanol–water partition coefficient (Wildman–Crippen LogP) is 3.26. The second-order valence-corrected chi connectivity index (χ2v) is 7.44. The number of ether oxygens (including phenoxy) is 1. The van der Waals surface area contributed by atoms with Gasteiger partial charge in [0.25, 0.3) is 0 Å². The first-order valence-corrected chi connectivity index (χ1v) is 10.3. The minimum atomic E-state index is -0.575. The third kappa shape index (κ3) is 4.34. The van der Waals surface area contributed by atoms with E-state index in [1.807, 2.05) is 17.0 Å². The fourth-order valence-electron chi connectivity index (χ4n) is 3.44. The molecule has 0 aromatic heterocycles. The van der Waals surface area contributed by atoms with Crippen molar-refractivity contribution in [1.82, 2.24) is 4.90 Å². The molecule has 2 aliphatic heterocycles. The molecule has 0 saturated carbocycles. The molecule has 1 unspecified atom stereocenters. The van der Waals surface area contributed by atoms with Crippen LogP contribution >= 0.6 is 11.6 Å². The molecule has 158 valence electrons. The quantitative estimate of drug-likeness (QED) is 0.778. The average molecular weight is 431 g/mol. The summed E-state index contributed by atoms with van der Waals surface area (Å²) < 4.78 is 19.1. The van der Waals surface area contributed by atoms with Crippen LogP contribution in [-0.4, -0.2) is 49.4 Å². The van der Waals surface area contributed by atoms with E-state index in [4.69, 9.17) is 22.1 Å². The molecule has 7 nitrogen and oxygen atoms in total. The average Bonchev–Trinajstić information content (AvgIpc) is 2.77. The molecule has 2 heterocycles. The number of morpholine rings is 1. The molecular weight excluding hydrogens is 407 g/mol. The third-order valence-electron chi connectivity index (χ3n) is 5.06. The first-order chi connectivity index (χ1) is 14.5. The minimum Gasteiger partial charge on any atom is -0.378 e. The summed E-state index contributed by atoms with van der Waals surface area (Å²) in [6.45, 7) is 4.74. The van der Waals surface area contributed by atoms with Gasteiger partial charge in [-0.3, -0.25) is 4.90 Å². The number of hydrogen-bond donors (Lipinski definition) is 2. The van der Waals surface area contributed by atoms with Crippen LogP contribution in [0.4, 0.5) is 15.8 Å². The molecule has 4 rings (SSSR count). The van der Waals surface area contributed by atoms with E-state index >= 15 is 0 Å². The molecule has 1 fully saturated rings. The maximum atomic E-state index is 13.6. The Hall–Kier alpha value is -2.84. The van der Waals surface area contributed by atoms with Gasteiger partial charge in [0.15, 0.2) is 0 Å². The van der Waals surface area contributed by atoms with Gasteiger partial charge in [-0.25, -0.2) is 9.38 Å². The first-order valence-electron chi connectivity index (χ1n) is 9.89. The highest BCUT2D eigenvalue weighted by Crippen LogP contribution is 2.26. The normalized spacial score (nSPS) is 19.4. The molecule has 2 aliphatic rings. The summed E-state index contributed by atoms with van der Waals surface area (Å²) in [6, 6.07) is 12.7. The van der Waals surface area contributed by atoms with E-state index in [1.165, 1.54) is 17.7 Å². The smallest absolute Gasteiger partial charge is 0.222 e. The SMILES string of the molecule is CCc1ccc(N2C(N3CCOCC3)=NC(N)=NC2Nc2ccc(F)c(Cl)c2)cc1. The van der Waals surface area contributed by atoms with E-state index in [-0.39, 0.29) is 11.0 Å². The van der Waals surface area contributed by atoms with Crippen molar-refractivity contribution in [2.24, 2.45) is 15.7 Å². The van der Waals surface area contributed by atoms with Crippen molar-refractivity contribution in [2.45, 2.75) is 19.6 Å². The van der Waals surface area contributed by atoms with E-state index in [9.17, 15) is 4.39 Å². The maximum absolute atomic E-state index is 13.6. The van der Waals surface area contributed by atoms with E-state index in [1.54, 1.807) is 6.07 Å². The Morgan fingerprint density at radius 3 is 2.60 bits per heavy atom. The monoisotopic (exact) mass is 430 g/mol. The van der Waals surface area contributed by atoms with Crippen LogP contribution < -0.4 is 16.0 Å². The number of nitrogens with two attached hydrogens (primary N) is 1. The lowest BCUT2D eigenvalue weighted by Crippen LogP contribution is -2.57. The zero-order valence-electron chi connectivity index (χ0n) is 16.7. The number of anilines is 2. The molecule has 30 heavy (non-hydrogen) atoms. The molecule has 1 atom stereocenters. The number of aryl methyl sites for hydroxylation is 1. The van der Waals surface area contributed by atoms with E-state index in [0.717, 1.165) is 12.1 Å². The highest BCUT2D eigenvalue weighted by atomic mass is 35.5. The third-order valence-corrected chi connectivity index (χ3v) is 5.35. The lowest BCUT2D eigenvalue weighted by Gasteiger charge is -2.41. The van der Waals surface area contributed by atoms with Crippen LogP contribution in [0.15, 0.2) is 52.4 Å². The predicted molar refractivity (Wildman–Crippen MR) is 119 cm³/mol. The number of nitrogens with one attached hydrogen (secondary N) is 1. The van der Waals surface area contributed by atoms with E-state index in [2.05, 4.69) is 39.3 Å². The molecule has 0 amide bonds. The number of aliphatic imine (C=N–C) groups is 2. The molecule has 0 spiro atoms. The zero-order chi connectivity index (χ0) is 21.1. The number of rotatable bonds is 4. The first kappa shape index (κ1) is 20.4. The van der Waals surface area contributed by atoms with Gasteiger partial charge in [-0.05, 0) is 42.3 Å². The Kier molecular flexibility index (Phi) is 6.06. The zero-order valence-corrected chi connectivity index (χ0v) is 17.4. The molecule has 1 saturated heterocycles. The van der Waals surface area contributed by atoms with Gasteiger partial charge in [-0.1, -0.05) is 30.7 Å². The van der Waals surface area contributed by atoms with Crippen molar-refractivity contribution in [3.05, 3.63) is 58.9 Å². The Labute approximate surface area is 180 Å². The van der Waals surface area contributed by atoms with Gasteiger partial charge in [0.1, 0.15) is 5.82 Å². The van der Waals surface area contributed by atoms with Crippen LogP contribution in [0.2, 0.25) is 5.02 Å². The molecule has 2 aromatic rings. The van der Waals surface area contributed by atoms with Crippen LogP contribution in [0.1, 0.15) is 12.5 Å². The molecule has 0 aliphatic carbocycles. The number of guanidine groups is 2. The second-order valence-electron chi connectivity index (χ2n) is 7.04. The van der Waals surface area contributed by atoms with Gasteiger partial charge in [0.05, 0.1) is 18.2 Å². The summed E-state index contributed by atoms with van der Waals surface area (Å²) in [6.07, 6.45) is 0.375. The van der Waals surface area contributed by atoms with Crippen LogP contribution in [0.5, 0.6) is 0 Å². The summed E-state index contributed by atoms with van der Waals surface area (Å²) in [7, 11) is 0. The lowest BCUT2D eigenvalue weighted by atomic mass is 10.1. The fraction of sp³-hybridized carbons (Fsp3) is 0.333. The van der Waals surface area contributed by atoms with Gasteiger partial charge < -0.3 is 20.7 Å². The molecule has 9 heteroatoms. The fourth-order valence-corrected chi connectivity index (χ4v) is 3.63. The lowest BCUT2D eigenvalue weighted by molar-refractivity contribution is 0.0671. The Bertz CT molecular complexity index is 958. The van der Waals surface area contributed by atoms with Gasteiger partial charge in [0, 0.05) is 24.5 Å². The largest absolute Gasteiger partial charge is 0.378 e. The molecular formula is C21H24ClFN6O. The summed E-state index contributed by atoms with van der Waals surface area (Å²) in [5, 5.41) is 3.33. The van der Waals surface area contributed by atoms with Gasteiger partial charge in [-0.2, -0.15) is 4.99 Å². The van der Waals surface area contributed by atoms with Crippen molar-refractivity contribution in [3.63, 3.8) is 0 Å². The van der Waals surface area contributed by atoms with Crippen LogP contribution in [0.3, 0.4) is 0 Å². The molecule has 2 aromatic carbocycles. The van der Waals surface area contributed by atoms with Crippen molar-refractivity contribution in [1.29, 1.82) is 0 Å². The summed E-state index contributed by atoms with van der Waals surface area (Å²) in [4.78, 5) is 13.2. The second kappa shape index (κ2) is 8.89. The van der Waals surface area contributed by atoms with E-state index in [0.29, 0.717) is 38.0 Å². The molecule has 3 N–H and O–H groups in total. The number of hydrogen-bond acceptors (Lipinski definition) is 7. The highest BCUT2D eigenvalue weighted by molar-refractivity contribution is 6.31. The number of benzene rings is 2. The standard InChI is InChI=1S/C21H24ClFN6O/c1-2-14-3-6-16(7-4-14)29-20(25-15-5-8-18(23)17(22)13-15)26-19(24)27-21(29)28-9-11-30-12-10-28/h3-8,13,20,25H,2,9-12H2,1H3,(H2,24,26). The summed E-state index contributed by atoms with van der Waals surface area (Å²) in [5.41, 5.74) is 8.84. The minimum absolute atomic E-state index is 0.0358. The van der Waals surface area contributed by atoms with E-state index < -0.39 is 12.1 Å². The molecule has 0 bridgehead atoms. The Morgan fingerprint density at radius 2 is 1.93 bits per heavy atom. The van der Waals surface area contributed by atoms with Crippen molar-refractivity contribution >= 4 is 34.9 Å². The topological polar surface area (TPSA) is 78.5 Å². The Balaban J connectivity index is 1.71. The van der Waals surface area contributed by atoms with Gasteiger partial charge in [0.2, 0.25) is 18.2 Å². The highest BCUT2D eigenvalue weighted by Gasteiger charge is 2.32. The summed E-state index contributed by atoms with van der Waals surface area (Å²) >= 11 is 5.96. The molecule has 0 radical (unpaired) electrons. The van der Waals surface area contributed by atoms with Crippen molar-refractivity contribution in [3.8, 4) is 0 Å². The van der Waals surface area contributed by atoms with Crippen LogP contribution in [0.25, 0.3) is 0 Å². The van der Waals surface area contributed by atoms with Crippen LogP contribution in [0, 0.1) is 5.82 Å². The van der Waals surface area contributed by atoms with Crippen LogP contribution in [-0.2, 0) is 11.2 Å². The Morgan fingerprint density at radius 1 is 1.20 bits per heavy atom. The number of nitrogens with zero attached hydrogens (tertiary/aromatic N) is 4.